The van der Waals surface area contributed by atoms with Crippen molar-refractivity contribution in [3.63, 3.8) is 0 Å². The van der Waals surface area contributed by atoms with Crippen LogP contribution in [0.2, 0.25) is 0 Å². The molecule has 1 aromatic rings. The number of hydrogen-bond donors (Lipinski definition) is 0. The molecule has 1 saturated heterocycles. The highest BCUT2D eigenvalue weighted by molar-refractivity contribution is 9.10. The number of thioether (sulfide) groups is 1. The van der Waals surface area contributed by atoms with Crippen LogP contribution in [0, 0.1) is 0 Å². The monoisotopic (exact) mass is 302 g/mol. The third-order valence-corrected chi connectivity index (χ3v) is 3.81. The van der Waals surface area contributed by atoms with E-state index in [1.165, 1.54) is 0 Å². The SMILES string of the molecule is CSc1ncc(Br)c(N2CCN(C)CC2)n1. The second-order valence-corrected chi connectivity index (χ2v) is 5.45. The maximum atomic E-state index is 4.55. The van der Waals surface area contributed by atoms with Gasteiger partial charge in [-0.05, 0) is 29.2 Å². The second-order valence-electron chi connectivity index (χ2n) is 3.82. The number of likely N-dealkylation sites (N-methyl/N-ethyl adjacent to an activating group) is 1. The van der Waals surface area contributed by atoms with Gasteiger partial charge in [0, 0.05) is 32.4 Å². The van der Waals surface area contributed by atoms with Crippen LogP contribution in [0.25, 0.3) is 0 Å². The zero-order valence-electron chi connectivity index (χ0n) is 9.48. The standard InChI is InChI=1S/C10H15BrN4S/c1-14-3-5-15(6-4-14)9-8(11)7-12-10(13-9)16-2/h7H,3-6H2,1-2H3. The zero-order valence-corrected chi connectivity index (χ0v) is 11.9. The summed E-state index contributed by atoms with van der Waals surface area (Å²) in [5, 5.41) is 0.831. The lowest BCUT2D eigenvalue weighted by atomic mass is 10.3. The maximum absolute atomic E-state index is 4.55. The van der Waals surface area contributed by atoms with Crippen LogP contribution in [0.5, 0.6) is 0 Å². The van der Waals surface area contributed by atoms with Gasteiger partial charge in [-0.2, -0.15) is 0 Å². The van der Waals surface area contributed by atoms with Crippen molar-refractivity contribution in [3.05, 3.63) is 10.7 Å². The van der Waals surface area contributed by atoms with Crippen LogP contribution in [0.15, 0.2) is 15.8 Å². The molecule has 6 heteroatoms. The Kier molecular flexibility index (Phi) is 4.05. The van der Waals surface area contributed by atoms with E-state index in [9.17, 15) is 0 Å². The normalized spacial score (nSPS) is 17.8. The molecule has 2 heterocycles. The van der Waals surface area contributed by atoms with E-state index in [1.54, 1.807) is 11.8 Å². The van der Waals surface area contributed by atoms with Crippen molar-refractivity contribution in [2.75, 3.05) is 44.4 Å². The van der Waals surface area contributed by atoms with Crippen LogP contribution in [0.1, 0.15) is 0 Å². The topological polar surface area (TPSA) is 32.3 Å². The number of piperazine rings is 1. The highest BCUT2D eigenvalue weighted by atomic mass is 79.9. The molecule has 2 rings (SSSR count). The van der Waals surface area contributed by atoms with Crippen molar-refractivity contribution < 1.29 is 0 Å². The largest absolute Gasteiger partial charge is 0.353 e. The van der Waals surface area contributed by atoms with E-state index in [2.05, 4.69) is 42.7 Å². The summed E-state index contributed by atoms with van der Waals surface area (Å²) < 4.78 is 0.981. The van der Waals surface area contributed by atoms with Crippen LogP contribution in [-0.2, 0) is 0 Å². The number of aromatic nitrogens is 2. The van der Waals surface area contributed by atoms with E-state index in [0.717, 1.165) is 41.6 Å². The van der Waals surface area contributed by atoms with Crippen LogP contribution in [0.4, 0.5) is 5.82 Å². The molecule has 16 heavy (non-hydrogen) atoms. The predicted molar refractivity (Wildman–Crippen MR) is 71.2 cm³/mol. The quantitative estimate of drug-likeness (QED) is 0.613. The molecule has 0 spiro atoms. The molecule has 1 fully saturated rings. The minimum atomic E-state index is 0.831. The van der Waals surface area contributed by atoms with Crippen LogP contribution in [-0.4, -0.2) is 54.4 Å². The Bertz CT molecular complexity index is 366. The number of nitrogens with zero attached hydrogens (tertiary/aromatic N) is 4. The van der Waals surface area contributed by atoms with Crippen molar-refractivity contribution in [1.82, 2.24) is 14.9 Å². The Hall–Kier alpha value is -0.330. The van der Waals surface area contributed by atoms with Gasteiger partial charge >= 0.3 is 0 Å². The Labute approximate surface area is 109 Å². The molecule has 0 radical (unpaired) electrons. The van der Waals surface area contributed by atoms with Crippen molar-refractivity contribution in [2.45, 2.75) is 5.16 Å². The fourth-order valence-electron chi connectivity index (χ4n) is 1.68. The van der Waals surface area contributed by atoms with Gasteiger partial charge in [-0.1, -0.05) is 11.8 Å². The first-order valence-corrected chi connectivity index (χ1v) is 7.22. The molecule has 1 aromatic heterocycles. The van der Waals surface area contributed by atoms with Crippen LogP contribution < -0.4 is 4.90 Å². The molecule has 0 aromatic carbocycles. The molecule has 0 unspecified atom stereocenters. The van der Waals surface area contributed by atoms with Gasteiger partial charge in [-0.15, -0.1) is 0 Å². The highest BCUT2D eigenvalue weighted by Crippen LogP contribution is 2.25. The number of anilines is 1. The summed E-state index contributed by atoms with van der Waals surface area (Å²) in [6.07, 6.45) is 3.84. The number of rotatable bonds is 2. The van der Waals surface area contributed by atoms with Gasteiger partial charge in [0.05, 0.1) is 4.47 Å². The van der Waals surface area contributed by atoms with Crippen LogP contribution in [0.3, 0.4) is 0 Å². The molecule has 0 aliphatic carbocycles. The Morgan fingerprint density at radius 1 is 1.31 bits per heavy atom. The summed E-state index contributed by atoms with van der Waals surface area (Å²) in [5.41, 5.74) is 0. The first-order valence-electron chi connectivity index (χ1n) is 5.20. The first-order chi connectivity index (χ1) is 7.70. The van der Waals surface area contributed by atoms with Gasteiger partial charge in [0.25, 0.3) is 0 Å². The highest BCUT2D eigenvalue weighted by Gasteiger charge is 2.18. The molecule has 1 aliphatic heterocycles. The molecule has 0 bridgehead atoms. The minimum absolute atomic E-state index is 0.831. The van der Waals surface area contributed by atoms with Crippen LogP contribution >= 0.6 is 27.7 Å². The Morgan fingerprint density at radius 3 is 2.62 bits per heavy atom. The summed E-state index contributed by atoms with van der Waals surface area (Å²) >= 11 is 5.10. The molecule has 0 amide bonds. The van der Waals surface area contributed by atoms with E-state index in [-0.39, 0.29) is 0 Å². The Balaban J connectivity index is 2.19. The lowest BCUT2D eigenvalue weighted by Crippen LogP contribution is -2.45. The lowest BCUT2D eigenvalue weighted by molar-refractivity contribution is 0.311. The Morgan fingerprint density at radius 2 is 2.00 bits per heavy atom. The summed E-state index contributed by atoms with van der Waals surface area (Å²) in [6.45, 7) is 4.23. The average Bonchev–Trinajstić information content (AvgIpc) is 2.31. The molecule has 0 saturated carbocycles. The molecule has 88 valence electrons. The summed E-state index contributed by atoms with van der Waals surface area (Å²) in [4.78, 5) is 13.4. The maximum Gasteiger partial charge on any atom is 0.189 e. The fraction of sp³-hybridized carbons (Fsp3) is 0.600. The van der Waals surface area contributed by atoms with Gasteiger partial charge < -0.3 is 9.80 Å². The van der Waals surface area contributed by atoms with E-state index in [1.807, 2.05) is 12.5 Å². The van der Waals surface area contributed by atoms with Crippen molar-refractivity contribution >= 4 is 33.5 Å². The van der Waals surface area contributed by atoms with Gasteiger partial charge in [-0.3, -0.25) is 0 Å². The zero-order chi connectivity index (χ0) is 11.5. The molecular weight excluding hydrogens is 288 g/mol. The number of halogens is 1. The predicted octanol–water partition coefficient (Wildman–Crippen LogP) is 1.71. The molecule has 0 atom stereocenters. The smallest absolute Gasteiger partial charge is 0.189 e. The fourth-order valence-corrected chi connectivity index (χ4v) is 2.46. The van der Waals surface area contributed by atoms with E-state index < -0.39 is 0 Å². The molecular formula is C10H15BrN4S. The molecule has 1 aliphatic rings. The average molecular weight is 303 g/mol. The van der Waals surface area contributed by atoms with Crippen molar-refractivity contribution in [2.24, 2.45) is 0 Å². The second kappa shape index (κ2) is 5.33. The molecule has 0 N–H and O–H groups in total. The minimum Gasteiger partial charge on any atom is -0.353 e. The summed E-state index contributed by atoms with van der Waals surface area (Å²) in [6, 6.07) is 0. The summed E-state index contributed by atoms with van der Waals surface area (Å²) in [5.74, 6) is 1.02. The third-order valence-electron chi connectivity index (χ3n) is 2.69. The van der Waals surface area contributed by atoms with E-state index >= 15 is 0 Å². The number of hydrogen-bond acceptors (Lipinski definition) is 5. The third kappa shape index (κ3) is 2.67. The van der Waals surface area contributed by atoms with Crippen molar-refractivity contribution in [3.8, 4) is 0 Å². The first kappa shape index (κ1) is 12.1. The summed E-state index contributed by atoms with van der Waals surface area (Å²) in [7, 11) is 2.15. The van der Waals surface area contributed by atoms with Crippen molar-refractivity contribution in [1.29, 1.82) is 0 Å². The van der Waals surface area contributed by atoms with Gasteiger partial charge in [-0.25, -0.2) is 9.97 Å². The van der Waals surface area contributed by atoms with Gasteiger partial charge in [0.15, 0.2) is 5.16 Å². The lowest BCUT2D eigenvalue weighted by Gasteiger charge is -2.33. The van der Waals surface area contributed by atoms with Gasteiger partial charge in [0.1, 0.15) is 5.82 Å². The van der Waals surface area contributed by atoms with E-state index in [0.29, 0.717) is 0 Å². The molecule has 4 nitrogen and oxygen atoms in total. The van der Waals surface area contributed by atoms with E-state index in [4.69, 9.17) is 0 Å². The van der Waals surface area contributed by atoms with Gasteiger partial charge in [0.2, 0.25) is 0 Å².